The Labute approximate surface area is 198 Å². The number of aromatic nitrogens is 3. The van der Waals surface area contributed by atoms with E-state index >= 15 is 0 Å². The smallest absolute Gasteiger partial charge is 0.268 e. The van der Waals surface area contributed by atoms with E-state index in [9.17, 15) is 9.90 Å². The number of carbonyl (C=O) groups excluding carboxylic acids is 1. The van der Waals surface area contributed by atoms with Crippen molar-refractivity contribution in [3.63, 3.8) is 0 Å². The molecule has 34 heavy (non-hydrogen) atoms. The molecule has 3 aromatic rings. The second-order valence-electron chi connectivity index (χ2n) is 9.14. The van der Waals surface area contributed by atoms with Gasteiger partial charge in [0.15, 0.2) is 0 Å². The molecule has 2 aliphatic heterocycles. The van der Waals surface area contributed by atoms with E-state index < -0.39 is 12.1 Å². The van der Waals surface area contributed by atoms with Crippen molar-refractivity contribution in [3.05, 3.63) is 59.4 Å². The summed E-state index contributed by atoms with van der Waals surface area (Å²) in [5.74, 6) is -0.243. The van der Waals surface area contributed by atoms with Crippen LogP contribution >= 0.6 is 0 Å². The van der Waals surface area contributed by atoms with Crippen LogP contribution in [0.3, 0.4) is 0 Å². The van der Waals surface area contributed by atoms with Crippen molar-refractivity contribution in [1.82, 2.24) is 14.8 Å². The third-order valence-corrected chi connectivity index (χ3v) is 6.87. The average molecular weight is 463 g/mol. The third kappa shape index (κ3) is 3.75. The van der Waals surface area contributed by atoms with Crippen LogP contribution in [0.1, 0.15) is 36.0 Å². The van der Waals surface area contributed by atoms with E-state index in [1.807, 2.05) is 42.6 Å². The van der Waals surface area contributed by atoms with Gasteiger partial charge in [0, 0.05) is 49.6 Å². The summed E-state index contributed by atoms with van der Waals surface area (Å²) in [5.41, 5.74) is 11.6. The summed E-state index contributed by atoms with van der Waals surface area (Å²) in [4.78, 5) is 21.0. The zero-order valence-electron chi connectivity index (χ0n) is 19.7. The van der Waals surface area contributed by atoms with Crippen LogP contribution in [0, 0.1) is 19.8 Å². The molecule has 0 radical (unpaired) electrons. The second-order valence-corrected chi connectivity index (χ2v) is 9.14. The molecule has 0 spiro atoms. The molecule has 0 bridgehead atoms. The molecule has 9 heteroatoms. The Morgan fingerprint density at radius 1 is 1.21 bits per heavy atom. The van der Waals surface area contributed by atoms with E-state index in [1.54, 1.807) is 6.20 Å². The monoisotopic (exact) mass is 462 g/mol. The van der Waals surface area contributed by atoms with Crippen LogP contribution in [0.5, 0.6) is 0 Å². The fraction of sp³-hybridized carbons (Fsp3) is 0.400. The van der Waals surface area contributed by atoms with Gasteiger partial charge in [-0.2, -0.15) is 5.10 Å². The number of benzene rings is 1. The highest BCUT2D eigenvalue weighted by atomic mass is 16.5. The highest BCUT2D eigenvalue weighted by Gasteiger charge is 2.36. The Bertz CT molecular complexity index is 1280. The lowest BCUT2D eigenvalue weighted by molar-refractivity contribution is -0.114. The number of nitrogens with zero attached hydrogens (tertiary/aromatic N) is 5. The Kier molecular flexibility index (Phi) is 5.65. The van der Waals surface area contributed by atoms with Gasteiger partial charge in [-0.05, 0) is 56.9 Å². The third-order valence-electron chi connectivity index (χ3n) is 6.87. The van der Waals surface area contributed by atoms with Crippen molar-refractivity contribution < 1.29 is 14.6 Å². The molecule has 3 N–H and O–H groups in total. The zero-order chi connectivity index (χ0) is 24.0. The number of primary amides is 1. The summed E-state index contributed by atoms with van der Waals surface area (Å²) in [6.45, 7) is 5.73. The molecular weight excluding hydrogens is 432 g/mol. The van der Waals surface area contributed by atoms with Gasteiger partial charge in [0.25, 0.3) is 5.91 Å². The molecule has 1 saturated heterocycles. The zero-order valence-corrected chi connectivity index (χ0v) is 19.7. The molecule has 4 heterocycles. The van der Waals surface area contributed by atoms with E-state index in [0.717, 1.165) is 65.2 Å². The lowest BCUT2D eigenvalue weighted by Gasteiger charge is -2.37. The predicted molar refractivity (Wildman–Crippen MR) is 130 cm³/mol. The predicted octanol–water partition coefficient (Wildman–Crippen LogP) is 2.66. The lowest BCUT2D eigenvalue weighted by atomic mass is 9.97. The number of aliphatic hydroxyl groups is 1. The van der Waals surface area contributed by atoms with Crippen molar-refractivity contribution >= 4 is 28.2 Å². The summed E-state index contributed by atoms with van der Waals surface area (Å²) in [6.07, 6.45) is 4.45. The Balaban J connectivity index is 1.68. The Hall–Kier alpha value is -3.59. The maximum Gasteiger partial charge on any atom is 0.268 e. The molecule has 9 nitrogen and oxygen atoms in total. The van der Waals surface area contributed by atoms with E-state index in [4.69, 9.17) is 10.5 Å². The fourth-order valence-electron chi connectivity index (χ4n) is 5.01. The molecule has 1 amide bonds. The van der Waals surface area contributed by atoms with Gasteiger partial charge >= 0.3 is 0 Å². The molecular formula is C25H30N6O3. The number of aliphatic hydroxyl groups excluding tert-OH is 1. The van der Waals surface area contributed by atoms with Crippen molar-refractivity contribution in [1.29, 1.82) is 0 Å². The topological polar surface area (TPSA) is 110 Å². The van der Waals surface area contributed by atoms with Gasteiger partial charge in [-0.1, -0.05) is 0 Å². The number of anilines is 2. The molecule has 1 fully saturated rings. The van der Waals surface area contributed by atoms with E-state index in [2.05, 4.69) is 27.1 Å². The van der Waals surface area contributed by atoms with Crippen LogP contribution in [0.4, 0.5) is 11.4 Å². The van der Waals surface area contributed by atoms with Crippen molar-refractivity contribution in [3.8, 4) is 0 Å². The summed E-state index contributed by atoms with van der Waals surface area (Å²) in [6, 6.07) is 8.06. The number of carbonyl (C=O) groups is 1. The van der Waals surface area contributed by atoms with Crippen molar-refractivity contribution in [2.75, 3.05) is 29.5 Å². The molecule has 5 rings (SSSR count). The number of hydrogen-bond acceptors (Lipinski definition) is 7. The quantitative estimate of drug-likeness (QED) is 0.600. The minimum Gasteiger partial charge on any atom is -0.471 e. The van der Waals surface area contributed by atoms with Gasteiger partial charge in [-0.15, -0.1) is 0 Å². The minimum absolute atomic E-state index is 0.207. The first-order chi connectivity index (χ1) is 16.4. The largest absolute Gasteiger partial charge is 0.471 e. The number of ether oxygens (including phenoxy) is 1. The molecule has 1 unspecified atom stereocenters. The number of piperidine rings is 1. The SMILES string of the molecule is Cc1cc(C2OC=C(C(N)=O)N2c2cc3c(C)nn(C)c3cc2N2CCC(CO)CC2)ccn1. The molecule has 178 valence electrons. The molecule has 2 aliphatic rings. The number of amides is 1. The maximum atomic E-state index is 12.5. The summed E-state index contributed by atoms with van der Waals surface area (Å²) >= 11 is 0. The van der Waals surface area contributed by atoms with Crippen molar-refractivity contribution in [2.45, 2.75) is 32.9 Å². The first-order valence-corrected chi connectivity index (χ1v) is 11.6. The van der Waals surface area contributed by atoms with Crippen LogP contribution < -0.4 is 15.5 Å². The van der Waals surface area contributed by atoms with Gasteiger partial charge in [-0.25, -0.2) is 0 Å². The summed E-state index contributed by atoms with van der Waals surface area (Å²) in [7, 11) is 1.94. The molecule has 1 atom stereocenters. The van der Waals surface area contributed by atoms with Crippen LogP contribution in [-0.2, 0) is 16.6 Å². The van der Waals surface area contributed by atoms with E-state index in [-0.39, 0.29) is 6.61 Å². The normalized spacial score (nSPS) is 18.9. The first kappa shape index (κ1) is 22.2. The molecule has 0 saturated carbocycles. The molecule has 0 aliphatic carbocycles. The van der Waals surface area contributed by atoms with Gasteiger partial charge in [-0.3, -0.25) is 19.4 Å². The minimum atomic E-state index is -0.554. The molecule has 2 aromatic heterocycles. The van der Waals surface area contributed by atoms with E-state index in [0.29, 0.717) is 11.6 Å². The number of hydrogen-bond donors (Lipinski definition) is 2. The number of fused-ring (bicyclic) bond motifs is 1. The highest BCUT2D eigenvalue weighted by Crippen LogP contribution is 2.44. The number of aryl methyl sites for hydroxylation is 3. The standard InChI is InChI=1S/C25H30N6O3/c1-15-10-18(4-7-27-15)25-31(23(14-34-25)24(26)33)22-11-19-16(2)28-29(3)20(19)12-21(22)30-8-5-17(13-32)6-9-30/h4,7,10-12,14,17,25,32H,5-6,8-9,13H2,1-3H3,(H2,26,33). The van der Waals surface area contributed by atoms with Gasteiger partial charge < -0.3 is 20.5 Å². The first-order valence-electron chi connectivity index (χ1n) is 11.6. The summed E-state index contributed by atoms with van der Waals surface area (Å²) in [5, 5.41) is 15.2. The lowest BCUT2D eigenvalue weighted by Crippen LogP contribution is -2.37. The Morgan fingerprint density at radius 3 is 2.65 bits per heavy atom. The van der Waals surface area contributed by atoms with Crippen LogP contribution in [0.15, 0.2) is 42.4 Å². The van der Waals surface area contributed by atoms with E-state index in [1.165, 1.54) is 6.26 Å². The fourth-order valence-corrected chi connectivity index (χ4v) is 5.01. The van der Waals surface area contributed by atoms with Crippen molar-refractivity contribution in [2.24, 2.45) is 18.7 Å². The molecule has 1 aromatic carbocycles. The van der Waals surface area contributed by atoms with Gasteiger partial charge in [0.2, 0.25) is 6.23 Å². The van der Waals surface area contributed by atoms with Gasteiger partial charge in [0.1, 0.15) is 12.0 Å². The Morgan fingerprint density at radius 2 is 1.97 bits per heavy atom. The van der Waals surface area contributed by atoms with Crippen LogP contribution in [-0.4, -0.2) is 45.5 Å². The van der Waals surface area contributed by atoms with Crippen LogP contribution in [0.2, 0.25) is 0 Å². The highest BCUT2D eigenvalue weighted by molar-refractivity contribution is 6.00. The average Bonchev–Trinajstić information content (AvgIpc) is 3.39. The summed E-state index contributed by atoms with van der Waals surface area (Å²) < 4.78 is 7.90. The maximum absolute atomic E-state index is 12.5. The van der Waals surface area contributed by atoms with Crippen LogP contribution in [0.25, 0.3) is 10.9 Å². The van der Waals surface area contributed by atoms with Gasteiger partial charge in [0.05, 0.1) is 22.6 Å². The second kappa shape index (κ2) is 8.64. The number of nitrogens with two attached hydrogens (primary N) is 1. The number of pyridine rings is 1. The number of rotatable bonds is 5.